The highest BCUT2D eigenvalue weighted by atomic mass is 32.1. The number of hydrogen-bond acceptors (Lipinski definition) is 3. The molecule has 0 N–H and O–H groups in total. The van der Waals surface area contributed by atoms with Crippen LogP contribution in [0.2, 0.25) is 0 Å². The lowest BCUT2D eigenvalue weighted by Crippen LogP contribution is -2.30. The van der Waals surface area contributed by atoms with Crippen molar-refractivity contribution in [3.63, 3.8) is 0 Å². The Morgan fingerprint density at radius 1 is 1.10 bits per heavy atom. The predicted molar refractivity (Wildman–Crippen MR) is 129 cm³/mol. The molecule has 3 nitrogen and oxygen atoms in total. The minimum atomic E-state index is 0.944. The molecule has 2 aromatic carbocycles. The van der Waals surface area contributed by atoms with Crippen LogP contribution in [0.4, 0.5) is 5.69 Å². The van der Waals surface area contributed by atoms with Crippen molar-refractivity contribution in [3.8, 4) is 5.75 Å². The number of thiazole rings is 1. The molecule has 0 aliphatic heterocycles. The second-order valence-electron chi connectivity index (χ2n) is 7.77. The van der Waals surface area contributed by atoms with Crippen LogP contribution in [0.25, 0.3) is 21.9 Å². The standard InChI is InChI=1S/C26H31N2OS/c1-5-28(6-2)22-15-14-20(24(18-22)29-4)16-19-10-9-11-21(17-19)26-27(3)23-12-7-8-13-25(23)30-26/h7-8,12-18H,5-6,9-11H2,1-4H3/q+1. The molecule has 0 atom stereocenters. The number of aromatic nitrogens is 1. The number of nitrogens with zero attached hydrogens (tertiary/aromatic N) is 2. The fourth-order valence-electron chi connectivity index (χ4n) is 4.32. The van der Waals surface area contributed by atoms with Crippen molar-refractivity contribution in [3.05, 3.63) is 64.7 Å². The lowest BCUT2D eigenvalue weighted by atomic mass is 9.93. The lowest BCUT2D eigenvalue weighted by molar-refractivity contribution is -0.642. The second-order valence-corrected chi connectivity index (χ2v) is 8.81. The first-order valence-electron chi connectivity index (χ1n) is 10.9. The fraction of sp³-hybridized carbons (Fsp3) is 0.346. The van der Waals surface area contributed by atoms with E-state index in [4.69, 9.17) is 4.74 Å². The number of benzene rings is 2. The highest BCUT2D eigenvalue weighted by molar-refractivity contribution is 7.19. The minimum Gasteiger partial charge on any atom is -0.496 e. The molecule has 3 aromatic rings. The van der Waals surface area contributed by atoms with Crippen LogP contribution >= 0.6 is 11.3 Å². The van der Waals surface area contributed by atoms with Crippen molar-refractivity contribution < 1.29 is 9.30 Å². The Labute approximate surface area is 183 Å². The maximum Gasteiger partial charge on any atom is 0.265 e. The van der Waals surface area contributed by atoms with Crippen molar-refractivity contribution in [2.45, 2.75) is 33.1 Å². The zero-order valence-electron chi connectivity index (χ0n) is 18.4. The van der Waals surface area contributed by atoms with Crippen molar-refractivity contribution >= 4 is 38.9 Å². The summed E-state index contributed by atoms with van der Waals surface area (Å²) in [5, 5.41) is 1.37. The van der Waals surface area contributed by atoms with E-state index in [1.54, 1.807) is 7.11 Å². The average molecular weight is 420 g/mol. The summed E-state index contributed by atoms with van der Waals surface area (Å²) in [6.45, 7) is 6.37. The van der Waals surface area contributed by atoms with Crippen LogP contribution in [0.15, 0.2) is 54.1 Å². The molecule has 0 saturated heterocycles. The third-order valence-corrected chi connectivity index (χ3v) is 7.26. The summed E-state index contributed by atoms with van der Waals surface area (Å²) in [5.41, 5.74) is 6.50. The molecule has 1 heterocycles. The molecule has 156 valence electrons. The Hall–Kier alpha value is -2.59. The molecule has 0 unspecified atom stereocenters. The normalized spacial score (nSPS) is 15.5. The molecule has 1 aliphatic carbocycles. The second kappa shape index (κ2) is 9.05. The zero-order valence-corrected chi connectivity index (χ0v) is 19.3. The highest BCUT2D eigenvalue weighted by Crippen LogP contribution is 2.35. The van der Waals surface area contributed by atoms with E-state index in [0.717, 1.165) is 37.2 Å². The molecule has 1 aromatic heterocycles. The van der Waals surface area contributed by atoms with Crippen LogP contribution in [-0.4, -0.2) is 20.2 Å². The number of ether oxygens (including phenoxy) is 1. The zero-order chi connectivity index (χ0) is 21.1. The van der Waals surface area contributed by atoms with Crippen LogP contribution in [0.1, 0.15) is 43.7 Å². The largest absolute Gasteiger partial charge is 0.496 e. The van der Waals surface area contributed by atoms with Crippen LogP contribution in [0.3, 0.4) is 0 Å². The summed E-state index contributed by atoms with van der Waals surface area (Å²) in [6, 6.07) is 15.2. The van der Waals surface area contributed by atoms with Gasteiger partial charge in [0.1, 0.15) is 17.5 Å². The number of methoxy groups -OCH3 is 1. The highest BCUT2D eigenvalue weighted by Gasteiger charge is 2.22. The van der Waals surface area contributed by atoms with E-state index < -0.39 is 0 Å². The Kier molecular flexibility index (Phi) is 6.24. The molecular formula is C26H31N2OS+. The van der Waals surface area contributed by atoms with E-state index in [1.165, 1.54) is 38.5 Å². The van der Waals surface area contributed by atoms with E-state index in [0.29, 0.717) is 0 Å². The van der Waals surface area contributed by atoms with Gasteiger partial charge < -0.3 is 9.64 Å². The first kappa shape index (κ1) is 20.7. The molecule has 0 spiro atoms. The van der Waals surface area contributed by atoms with Crippen molar-refractivity contribution in [2.24, 2.45) is 7.05 Å². The van der Waals surface area contributed by atoms with Crippen LogP contribution in [-0.2, 0) is 7.05 Å². The molecular weight excluding hydrogens is 388 g/mol. The Bertz CT molecular complexity index is 1110. The minimum absolute atomic E-state index is 0.944. The van der Waals surface area contributed by atoms with E-state index in [9.17, 15) is 0 Å². The molecule has 0 amide bonds. The fourth-order valence-corrected chi connectivity index (χ4v) is 5.51. The van der Waals surface area contributed by atoms with Gasteiger partial charge in [-0.1, -0.05) is 23.5 Å². The van der Waals surface area contributed by atoms with Gasteiger partial charge in [0.2, 0.25) is 5.52 Å². The van der Waals surface area contributed by atoms with Crippen molar-refractivity contribution in [1.29, 1.82) is 0 Å². The smallest absolute Gasteiger partial charge is 0.265 e. The quantitative estimate of drug-likeness (QED) is 0.440. The van der Waals surface area contributed by atoms with Gasteiger partial charge in [-0.3, -0.25) is 0 Å². The number of fused-ring (bicyclic) bond motifs is 1. The van der Waals surface area contributed by atoms with Gasteiger partial charge in [-0.05, 0) is 69.0 Å². The van der Waals surface area contributed by atoms with Crippen molar-refractivity contribution in [1.82, 2.24) is 0 Å². The van der Waals surface area contributed by atoms with Gasteiger partial charge in [-0.15, -0.1) is 0 Å². The van der Waals surface area contributed by atoms with E-state index >= 15 is 0 Å². The van der Waals surface area contributed by atoms with E-state index in [1.807, 2.05) is 11.3 Å². The molecule has 4 rings (SSSR count). The summed E-state index contributed by atoms with van der Waals surface area (Å²) in [4.78, 5) is 2.35. The SMILES string of the molecule is CCN(CC)c1ccc(/C=C2\C=C(c3sc4ccccc4[n+]3C)CCC2)c(OC)c1. The van der Waals surface area contributed by atoms with E-state index in [-0.39, 0.29) is 0 Å². The van der Waals surface area contributed by atoms with Gasteiger partial charge in [0.25, 0.3) is 5.01 Å². The first-order chi connectivity index (χ1) is 14.6. The van der Waals surface area contributed by atoms with Crippen LogP contribution in [0, 0.1) is 0 Å². The summed E-state index contributed by atoms with van der Waals surface area (Å²) in [6.07, 6.45) is 8.13. The number of para-hydroxylation sites is 1. The molecule has 30 heavy (non-hydrogen) atoms. The topological polar surface area (TPSA) is 16.4 Å². The van der Waals surface area contributed by atoms with Gasteiger partial charge in [0, 0.05) is 42.0 Å². The van der Waals surface area contributed by atoms with Gasteiger partial charge in [-0.2, -0.15) is 4.57 Å². The molecule has 4 heteroatoms. The van der Waals surface area contributed by atoms with Crippen LogP contribution < -0.4 is 14.2 Å². The van der Waals surface area contributed by atoms with E-state index in [2.05, 4.69) is 85.0 Å². The Balaban J connectivity index is 1.69. The molecule has 0 fully saturated rings. The average Bonchev–Trinajstić information content (AvgIpc) is 3.12. The summed E-state index contributed by atoms with van der Waals surface area (Å²) < 4.78 is 9.43. The third kappa shape index (κ3) is 4.01. The summed E-state index contributed by atoms with van der Waals surface area (Å²) in [5.74, 6) is 0.944. The Morgan fingerprint density at radius 3 is 2.63 bits per heavy atom. The maximum absolute atomic E-state index is 5.74. The number of allylic oxidation sites excluding steroid dienone is 3. The summed E-state index contributed by atoms with van der Waals surface area (Å²) in [7, 11) is 3.95. The monoisotopic (exact) mass is 419 g/mol. The third-order valence-electron chi connectivity index (χ3n) is 5.97. The summed E-state index contributed by atoms with van der Waals surface area (Å²) >= 11 is 1.89. The number of anilines is 1. The van der Waals surface area contributed by atoms with Gasteiger partial charge in [0.05, 0.1) is 7.11 Å². The molecule has 0 saturated carbocycles. The number of rotatable bonds is 6. The molecule has 0 bridgehead atoms. The van der Waals surface area contributed by atoms with Crippen LogP contribution in [0.5, 0.6) is 5.75 Å². The van der Waals surface area contributed by atoms with Gasteiger partial charge in [-0.25, -0.2) is 0 Å². The lowest BCUT2D eigenvalue weighted by Gasteiger charge is -2.22. The molecule has 0 radical (unpaired) electrons. The predicted octanol–water partition coefficient (Wildman–Crippen LogP) is 6.23. The number of aryl methyl sites for hydroxylation is 1. The first-order valence-corrected chi connectivity index (χ1v) is 11.7. The maximum atomic E-state index is 5.74. The van der Waals surface area contributed by atoms with Gasteiger partial charge in [0.15, 0.2) is 0 Å². The Morgan fingerprint density at radius 2 is 1.90 bits per heavy atom. The molecule has 1 aliphatic rings. The number of hydrogen-bond donors (Lipinski definition) is 0. The van der Waals surface area contributed by atoms with Gasteiger partial charge >= 0.3 is 0 Å². The van der Waals surface area contributed by atoms with Crippen molar-refractivity contribution in [2.75, 3.05) is 25.1 Å².